The Bertz CT molecular complexity index is 819. The molecule has 1 saturated heterocycles. The maximum atomic E-state index is 13.5. The van der Waals surface area contributed by atoms with E-state index in [1.54, 1.807) is 6.07 Å². The van der Waals surface area contributed by atoms with Gasteiger partial charge in [0.05, 0.1) is 0 Å². The Labute approximate surface area is 160 Å². The second kappa shape index (κ2) is 7.89. The molecular formula is C21H29FN4O. The van der Waals surface area contributed by atoms with E-state index in [2.05, 4.69) is 22.5 Å². The molecule has 0 radical (unpaired) electrons. The van der Waals surface area contributed by atoms with Gasteiger partial charge in [0, 0.05) is 42.7 Å². The topological polar surface area (TPSA) is 52.8 Å². The van der Waals surface area contributed by atoms with Crippen molar-refractivity contribution in [2.45, 2.75) is 58.2 Å². The summed E-state index contributed by atoms with van der Waals surface area (Å²) in [5, 5.41) is 7.74. The molecule has 0 spiro atoms. The molecule has 6 heteroatoms. The lowest BCUT2D eigenvalue weighted by molar-refractivity contribution is 0.197. The van der Waals surface area contributed by atoms with Gasteiger partial charge in [-0.2, -0.15) is 0 Å². The molecule has 1 aliphatic heterocycles. The number of furan rings is 1. The minimum Gasteiger partial charge on any atom is -0.459 e. The molecule has 2 aromatic rings. The number of likely N-dealkylation sites (tertiary alicyclic amines) is 1. The smallest absolute Gasteiger partial charge is 0.191 e. The Morgan fingerprint density at radius 1 is 1.26 bits per heavy atom. The number of hydrogen-bond donors (Lipinski definition) is 2. The highest BCUT2D eigenvalue weighted by molar-refractivity contribution is 5.82. The van der Waals surface area contributed by atoms with Gasteiger partial charge in [-0.1, -0.05) is 0 Å². The molecule has 0 atom stereocenters. The quantitative estimate of drug-likeness (QED) is 0.622. The highest BCUT2D eigenvalue weighted by Crippen LogP contribution is 2.29. The van der Waals surface area contributed by atoms with E-state index in [0.29, 0.717) is 18.2 Å². The summed E-state index contributed by atoms with van der Waals surface area (Å²) in [7, 11) is 0. The first-order valence-electron chi connectivity index (χ1n) is 10.1. The standard InChI is InChI=1S/C21H29FN4O/c1-3-23-21(25-16-8-10-26(11-9-16)17-5-6-17)24-13-20-14(2)18-12-15(22)4-7-19(18)27-20/h4,7,12,16-17H,3,5-6,8-11,13H2,1-2H3,(H2,23,24,25). The molecule has 0 bridgehead atoms. The first-order chi connectivity index (χ1) is 13.1. The zero-order chi connectivity index (χ0) is 18.8. The molecule has 1 aromatic heterocycles. The summed E-state index contributed by atoms with van der Waals surface area (Å²) in [6.45, 7) is 7.65. The van der Waals surface area contributed by atoms with E-state index in [9.17, 15) is 4.39 Å². The summed E-state index contributed by atoms with van der Waals surface area (Å²) >= 11 is 0. The van der Waals surface area contributed by atoms with Crippen LogP contribution in [0.3, 0.4) is 0 Å². The van der Waals surface area contributed by atoms with E-state index in [4.69, 9.17) is 9.41 Å². The molecule has 5 nitrogen and oxygen atoms in total. The number of halogens is 1. The second-order valence-corrected chi connectivity index (χ2v) is 7.67. The number of rotatable bonds is 5. The molecular weight excluding hydrogens is 343 g/mol. The molecule has 146 valence electrons. The number of nitrogens with one attached hydrogen (secondary N) is 2. The fraction of sp³-hybridized carbons (Fsp3) is 0.571. The van der Waals surface area contributed by atoms with Crippen molar-refractivity contribution in [1.82, 2.24) is 15.5 Å². The van der Waals surface area contributed by atoms with Gasteiger partial charge in [0.15, 0.2) is 5.96 Å². The summed E-state index contributed by atoms with van der Waals surface area (Å²) < 4.78 is 19.4. The minimum absolute atomic E-state index is 0.242. The fourth-order valence-electron chi connectivity index (χ4n) is 3.91. The summed E-state index contributed by atoms with van der Waals surface area (Å²) in [6.07, 6.45) is 5.07. The average molecular weight is 372 g/mol. The second-order valence-electron chi connectivity index (χ2n) is 7.67. The number of hydrogen-bond acceptors (Lipinski definition) is 3. The van der Waals surface area contributed by atoms with Gasteiger partial charge in [-0.15, -0.1) is 0 Å². The van der Waals surface area contributed by atoms with Crippen LogP contribution in [0.2, 0.25) is 0 Å². The SMILES string of the molecule is CCNC(=NCc1oc2ccc(F)cc2c1C)NC1CCN(C2CC2)CC1. The predicted molar refractivity (Wildman–Crippen MR) is 106 cm³/mol. The van der Waals surface area contributed by atoms with Crippen molar-refractivity contribution in [3.63, 3.8) is 0 Å². The van der Waals surface area contributed by atoms with Crippen LogP contribution in [0, 0.1) is 12.7 Å². The highest BCUT2D eigenvalue weighted by Gasteiger charge is 2.31. The van der Waals surface area contributed by atoms with E-state index in [1.807, 2.05) is 6.92 Å². The lowest BCUT2D eigenvalue weighted by Crippen LogP contribution is -2.49. The largest absolute Gasteiger partial charge is 0.459 e. The zero-order valence-electron chi connectivity index (χ0n) is 16.2. The van der Waals surface area contributed by atoms with Crippen LogP contribution in [0.15, 0.2) is 27.6 Å². The molecule has 0 unspecified atom stereocenters. The number of aliphatic imine (C=N–C) groups is 1. The highest BCUT2D eigenvalue weighted by atomic mass is 19.1. The zero-order valence-corrected chi connectivity index (χ0v) is 16.2. The van der Waals surface area contributed by atoms with Gasteiger partial charge >= 0.3 is 0 Å². The molecule has 1 saturated carbocycles. The van der Waals surface area contributed by atoms with Crippen LogP contribution in [0.1, 0.15) is 43.9 Å². The molecule has 4 rings (SSSR count). The van der Waals surface area contributed by atoms with Crippen LogP contribution in [0.5, 0.6) is 0 Å². The third-order valence-electron chi connectivity index (χ3n) is 5.66. The van der Waals surface area contributed by atoms with Crippen molar-refractivity contribution in [3.8, 4) is 0 Å². The third kappa shape index (κ3) is 4.26. The first kappa shape index (κ1) is 18.3. The maximum absolute atomic E-state index is 13.5. The molecule has 2 N–H and O–H groups in total. The van der Waals surface area contributed by atoms with Gasteiger partial charge in [-0.05, 0) is 57.7 Å². The van der Waals surface area contributed by atoms with Crippen molar-refractivity contribution in [3.05, 3.63) is 35.3 Å². The van der Waals surface area contributed by atoms with Gasteiger partial charge in [-0.25, -0.2) is 9.38 Å². The predicted octanol–water partition coefficient (Wildman–Crippen LogP) is 3.56. The number of aryl methyl sites for hydroxylation is 1. The maximum Gasteiger partial charge on any atom is 0.191 e. The molecule has 2 aliphatic rings. The van der Waals surface area contributed by atoms with Crippen molar-refractivity contribution in [2.24, 2.45) is 4.99 Å². The van der Waals surface area contributed by atoms with E-state index >= 15 is 0 Å². The van der Waals surface area contributed by atoms with Crippen molar-refractivity contribution >= 4 is 16.9 Å². The number of piperidine rings is 1. The van der Waals surface area contributed by atoms with Gasteiger partial charge in [-0.3, -0.25) is 0 Å². The Morgan fingerprint density at radius 2 is 2.04 bits per heavy atom. The Morgan fingerprint density at radius 3 is 2.74 bits per heavy atom. The fourth-order valence-corrected chi connectivity index (χ4v) is 3.91. The molecule has 2 heterocycles. The van der Waals surface area contributed by atoms with E-state index in [1.165, 1.54) is 38.1 Å². The summed E-state index contributed by atoms with van der Waals surface area (Å²) in [4.78, 5) is 7.34. The lowest BCUT2D eigenvalue weighted by atomic mass is 10.1. The van der Waals surface area contributed by atoms with Crippen LogP contribution in [-0.4, -0.2) is 42.6 Å². The Hall–Kier alpha value is -2.08. The van der Waals surface area contributed by atoms with Crippen LogP contribution in [-0.2, 0) is 6.54 Å². The number of nitrogens with zero attached hydrogens (tertiary/aromatic N) is 2. The Kier molecular flexibility index (Phi) is 5.34. The van der Waals surface area contributed by atoms with Crippen LogP contribution < -0.4 is 10.6 Å². The number of guanidine groups is 1. The lowest BCUT2D eigenvalue weighted by Gasteiger charge is -2.33. The van der Waals surface area contributed by atoms with Gasteiger partial charge < -0.3 is 20.0 Å². The summed E-state index contributed by atoms with van der Waals surface area (Å²) in [5.74, 6) is 1.37. The van der Waals surface area contributed by atoms with Crippen molar-refractivity contribution in [1.29, 1.82) is 0 Å². The van der Waals surface area contributed by atoms with Gasteiger partial charge in [0.25, 0.3) is 0 Å². The van der Waals surface area contributed by atoms with E-state index in [-0.39, 0.29) is 5.82 Å². The first-order valence-corrected chi connectivity index (χ1v) is 10.1. The molecule has 2 fully saturated rings. The summed E-state index contributed by atoms with van der Waals surface area (Å²) in [5.41, 5.74) is 1.67. The molecule has 1 aliphatic carbocycles. The van der Waals surface area contributed by atoms with Crippen LogP contribution in [0.25, 0.3) is 11.0 Å². The monoisotopic (exact) mass is 372 g/mol. The minimum atomic E-state index is -0.242. The van der Waals surface area contributed by atoms with Gasteiger partial charge in [0.1, 0.15) is 23.7 Å². The van der Waals surface area contributed by atoms with E-state index < -0.39 is 0 Å². The number of fused-ring (bicyclic) bond motifs is 1. The normalized spacial score (nSPS) is 19.6. The molecule has 27 heavy (non-hydrogen) atoms. The third-order valence-corrected chi connectivity index (χ3v) is 5.66. The molecule has 1 aromatic carbocycles. The number of benzene rings is 1. The van der Waals surface area contributed by atoms with Crippen LogP contribution >= 0.6 is 0 Å². The van der Waals surface area contributed by atoms with Gasteiger partial charge in [0.2, 0.25) is 0 Å². The Balaban J connectivity index is 1.41. The molecule has 0 amide bonds. The van der Waals surface area contributed by atoms with Crippen molar-refractivity contribution in [2.75, 3.05) is 19.6 Å². The van der Waals surface area contributed by atoms with Crippen molar-refractivity contribution < 1.29 is 8.81 Å². The summed E-state index contributed by atoms with van der Waals surface area (Å²) in [6, 6.07) is 5.95. The van der Waals surface area contributed by atoms with E-state index in [0.717, 1.165) is 48.1 Å². The van der Waals surface area contributed by atoms with Crippen LogP contribution in [0.4, 0.5) is 4.39 Å². The average Bonchev–Trinajstić information content (AvgIpc) is 3.47.